The predicted molar refractivity (Wildman–Crippen MR) is 98.1 cm³/mol. The maximum absolute atomic E-state index is 8.68. The first kappa shape index (κ1) is 24.6. The summed E-state index contributed by atoms with van der Waals surface area (Å²) in [5.41, 5.74) is 2.06. The van der Waals surface area contributed by atoms with Crippen LogP contribution in [0.4, 0.5) is 0 Å². The summed E-state index contributed by atoms with van der Waals surface area (Å²) in [4.78, 5) is 0. The van der Waals surface area contributed by atoms with Gasteiger partial charge in [-0.05, 0) is 12.1 Å². The van der Waals surface area contributed by atoms with Crippen LogP contribution in [-0.4, -0.2) is 41.0 Å². The van der Waals surface area contributed by atoms with E-state index in [0.717, 1.165) is 11.4 Å². The van der Waals surface area contributed by atoms with E-state index < -0.39 is 10.4 Å². The normalized spacial score (nSPS) is 9.93. The van der Waals surface area contributed by atoms with E-state index in [1.807, 2.05) is 57.9 Å². The Kier molecular flexibility index (Phi) is 12.5. The highest BCUT2D eigenvalue weighted by atomic mass is 32.3. The van der Waals surface area contributed by atoms with Crippen molar-refractivity contribution in [2.45, 2.75) is 13.1 Å². The topological polar surface area (TPSA) is 128 Å². The molecule has 2 aromatic rings. The summed E-state index contributed by atoms with van der Waals surface area (Å²) in [5.74, 6) is 0. The van der Waals surface area contributed by atoms with Crippen LogP contribution in [0.1, 0.15) is 11.4 Å². The average molecular weight is 396 g/mol. The van der Waals surface area contributed by atoms with Crippen molar-refractivity contribution in [3.8, 4) is 0 Å². The first-order valence-electron chi connectivity index (χ1n) is 7.87. The summed E-state index contributed by atoms with van der Waals surface area (Å²) in [6.45, 7) is 8.92. The molecule has 148 valence electrons. The molecule has 0 fully saturated rings. The lowest BCUT2D eigenvalue weighted by Crippen LogP contribution is -2.37. The van der Waals surface area contributed by atoms with E-state index in [9.17, 15) is 0 Å². The number of rotatable bonds is 6. The Bertz CT molecular complexity index is 748. The molecule has 0 aliphatic carbocycles. The number of hydrogen-bond acceptors (Lipinski definition) is 6. The number of hydrogen-bond donors (Lipinski definition) is 2. The zero-order valence-corrected chi connectivity index (χ0v) is 15.7. The molecule has 0 bridgehead atoms. The quantitative estimate of drug-likeness (QED) is 0.398. The van der Waals surface area contributed by atoms with Gasteiger partial charge in [0, 0.05) is 46.8 Å². The molecule has 8 nitrogen and oxygen atoms in total. The lowest BCUT2D eigenvalue weighted by atomic mass is 10.3. The van der Waals surface area contributed by atoms with Crippen molar-refractivity contribution in [2.75, 3.05) is 13.2 Å². The molecular weight excluding hydrogens is 372 g/mol. The number of aromatic nitrogens is 2. The predicted octanol–water partition coefficient (Wildman–Crippen LogP) is -0.119. The van der Waals surface area contributed by atoms with Crippen LogP contribution in [0.3, 0.4) is 0 Å². The lowest BCUT2D eigenvalue weighted by Gasteiger charge is -2.06. The molecule has 2 aromatic heterocycles. The van der Waals surface area contributed by atoms with Crippen molar-refractivity contribution in [1.82, 2.24) is 0 Å². The van der Waals surface area contributed by atoms with Gasteiger partial charge in [-0.2, -0.15) is 9.13 Å². The first-order valence-corrected chi connectivity index (χ1v) is 9.20. The summed E-state index contributed by atoms with van der Waals surface area (Å²) >= 11 is 0. The fourth-order valence-electron chi connectivity index (χ4n) is 1.97. The Morgan fingerprint density at radius 2 is 1.19 bits per heavy atom. The Balaban J connectivity index is 0.000000405. The van der Waals surface area contributed by atoms with Gasteiger partial charge in [-0.25, -0.2) is 0 Å². The molecule has 0 radical (unpaired) electrons. The van der Waals surface area contributed by atoms with Crippen molar-refractivity contribution in [1.29, 1.82) is 0 Å². The molecule has 2 heterocycles. The fourth-order valence-corrected chi connectivity index (χ4v) is 1.97. The van der Waals surface area contributed by atoms with Crippen LogP contribution in [0, 0.1) is 0 Å². The number of pyridine rings is 2. The van der Waals surface area contributed by atoms with Gasteiger partial charge in [0.1, 0.15) is 13.2 Å². The minimum Gasteiger partial charge on any atom is -0.759 e. The third kappa shape index (κ3) is 12.5. The van der Waals surface area contributed by atoms with Gasteiger partial charge in [0.2, 0.25) is 11.4 Å². The minimum atomic E-state index is -5.17. The highest BCUT2D eigenvalue weighted by Crippen LogP contribution is 1.92. The van der Waals surface area contributed by atoms with E-state index in [0.29, 0.717) is 13.1 Å². The summed E-state index contributed by atoms with van der Waals surface area (Å²) in [7, 11) is -5.17. The lowest BCUT2D eigenvalue weighted by molar-refractivity contribution is -0.699. The van der Waals surface area contributed by atoms with Gasteiger partial charge < -0.3 is 19.3 Å². The van der Waals surface area contributed by atoms with Gasteiger partial charge in [0.15, 0.2) is 25.5 Å². The van der Waals surface area contributed by atoms with Crippen LogP contribution < -0.4 is 9.13 Å². The second kappa shape index (κ2) is 13.7. The van der Waals surface area contributed by atoms with E-state index in [1.54, 1.807) is 12.2 Å². The Hall–Kier alpha value is -2.43. The second-order valence-corrected chi connectivity index (χ2v) is 5.72. The van der Waals surface area contributed by atoms with Gasteiger partial charge in [-0.15, -0.1) is 0 Å². The Morgan fingerprint density at radius 1 is 0.852 bits per heavy atom. The maximum atomic E-state index is 8.68. The third-order valence-electron chi connectivity index (χ3n) is 3.05. The Labute approximate surface area is 159 Å². The zero-order chi connectivity index (χ0) is 20.7. The van der Waals surface area contributed by atoms with Crippen LogP contribution in [0.25, 0.3) is 12.2 Å². The van der Waals surface area contributed by atoms with E-state index in [-0.39, 0.29) is 13.2 Å². The summed E-state index contributed by atoms with van der Waals surface area (Å²) in [6.07, 6.45) is 7.39. The van der Waals surface area contributed by atoms with E-state index in [1.165, 1.54) is 0 Å². The molecule has 0 spiro atoms. The SMILES string of the molecule is C=Cc1cccc[n+]1CCO.C=Cc1cccc[n+]1CCO.O=S(=O)([O-])[O-]. The molecule has 0 aliphatic rings. The van der Waals surface area contributed by atoms with E-state index >= 15 is 0 Å². The van der Waals surface area contributed by atoms with Crippen LogP contribution in [0.5, 0.6) is 0 Å². The molecule has 0 aliphatic heterocycles. The summed E-state index contributed by atoms with van der Waals surface area (Å²) in [5, 5.41) is 17.4. The van der Waals surface area contributed by atoms with Crippen molar-refractivity contribution >= 4 is 22.6 Å². The van der Waals surface area contributed by atoms with Crippen molar-refractivity contribution in [3.63, 3.8) is 0 Å². The van der Waals surface area contributed by atoms with Gasteiger partial charge in [-0.1, -0.05) is 13.2 Å². The monoisotopic (exact) mass is 396 g/mol. The molecular formula is C18H24N2O6S. The van der Waals surface area contributed by atoms with Crippen LogP contribution in [0.2, 0.25) is 0 Å². The third-order valence-corrected chi connectivity index (χ3v) is 3.05. The number of nitrogens with zero attached hydrogens (tertiary/aromatic N) is 2. The smallest absolute Gasteiger partial charge is 0.204 e. The van der Waals surface area contributed by atoms with Crippen molar-refractivity contribution in [2.24, 2.45) is 0 Å². The second-order valence-electron chi connectivity index (χ2n) is 4.90. The number of aliphatic hydroxyl groups excluding tert-OH is 2. The fraction of sp³-hybridized carbons (Fsp3) is 0.222. The molecule has 0 saturated heterocycles. The van der Waals surface area contributed by atoms with Gasteiger partial charge >= 0.3 is 0 Å². The standard InChI is InChI=1S/2C9H12NO.H2O4S/c2*1-2-9-5-3-4-6-10(9)7-8-11;1-5(2,3)4/h2*2-6,11H,1,7-8H2;(H2,1,2,3,4)/q2*+1;/p-2. The summed E-state index contributed by atoms with van der Waals surface area (Å²) in [6, 6.07) is 11.7. The van der Waals surface area contributed by atoms with Gasteiger partial charge in [-0.3, -0.25) is 8.42 Å². The Morgan fingerprint density at radius 3 is 1.44 bits per heavy atom. The van der Waals surface area contributed by atoms with E-state index in [2.05, 4.69) is 13.2 Å². The molecule has 0 aromatic carbocycles. The first-order chi connectivity index (χ1) is 12.8. The molecule has 0 saturated carbocycles. The van der Waals surface area contributed by atoms with Gasteiger partial charge in [0.25, 0.3) is 0 Å². The van der Waals surface area contributed by atoms with Crippen LogP contribution >= 0.6 is 0 Å². The molecule has 9 heteroatoms. The highest BCUT2D eigenvalue weighted by Gasteiger charge is 2.03. The molecule has 0 atom stereocenters. The largest absolute Gasteiger partial charge is 0.759 e. The summed E-state index contributed by atoms with van der Waals surface area (Å²) < 4.78 is 38.0. The molecule has 0 unspecified atom stereocenters. The highest BCUT2D eigenvalue weighted by molar-refractivity contribution is 7.79. The van der Waals surface area contributed by atoms with Gasteiger partial charge in [0.05, 0.1) is 0 Å². The molecule has 2 rings (SSSR count). The van der Waals surface area contributed by atoms with Crippen LogP contribution in [-0.2, 0) is 23.5 Å². The van der Waals surface area contributed by atoms with Crippen molar-refractivity contribution < 1.29 is 36.9 Å². The molecule has 27 heavy (non-hydrogen) atoms. The minimum absolute atomic E-state index is 0.162. The molecule has 0 amide bonds. The zero-order valence-electron chi connectivity index (χ0n) is 14.8. The van der Waals surface area contributed by atoms with Crippen molar-refractivity contribution in [3.05, 3.63) is 73.3 Å². The molecule has 2 N–H and O–H groups in total. The van der Waals surface area contributed by atoms with E-state index in [4.69, 9.17) is 27.7 Å². The maximum Gasteiger partial charge on any atom is 0.204 e. The number of aliphatic hydroxyl groups is 2. The average Bonchev–Trinajstić information content (AvgIpc) is 2.62. The van der Waals surface area contributed by atoms with Crippen LogP contribution in [0.15, 0.2) is 61.9 Å².